The van der Waals surface area contributed by atoms with Crippen LogP contribution in [0.4, 0.5) is 0 Å². The van der Waals surface area contributed by atoms with Gasteiger partial charge in [-0.25, -0.2) is 18.1 Å². The van der Waals surface area contributed by atoms with Gasteiger partial charge < -0.3 is 4.74 Å². The molecule has 6 nitrogen and oxygen atoms in total. The van der Waals surface area contributed by atoms with E-state index in [1.807, 2.05) is 13.8 Å². The zero-order valence-corrected chi connectivity index (χ0v) is 12.5. The topological polar surface area (TPSA) is 92.1 Å². The third-order valence-electron chi connectivity index (χ3n) is 2.48. The lowest BCUT2D eigenvalue weighted by Gasteiger charge is -2.09. The molecule has 0 aliphatic heterocycles. The maximum absolute atomic E-state index is 12.0. The average Bonchev–Trinajstić information content (AvgIpc) is 2.42. The smallest absolute Gasteiger partial charge is 0.243 e. The minimum Gasteiger partial charge on any atom is -0.379 e. The van der Waals surface area contributed by atoms with E-state index in [0.717, 1.165) is 6.42 Å². The molecule has 0 amide bonds. The number of sulfonamides is 1. The van der Waals surface area contributed by atoms with Gasteiger partial charge in [0.2, 0.25) is 10.0 Å². The molecule has 1 N–H and O–H groups in total. The van der Waals surface area contributed by atoms with Crippen molar-refractivity contribution >= 4 is 10.0 Å². The zero-order chi connectivity index (χ0) is 15.0. The molecule has 0 radical (unpaired) electrons. The number of hydrogen-bond donors (Lipinski definition) is 1. The van der Waals surface area contributed by atoms with E-state index in [2.05, 4.69) is 9.71 Å². The molecule has 0 saturated heterocycles. The molecule has 1 aromatic rings. The average molecular weight is 297 g/mol. The van der Waals surface area contributed by atoms with Gasteiger partial charge in [-0.15, -0.1) is 0 Å². The molecule has 1 aromatic heterocycles. The minimum atomic E-state index is -3.68. The van der Waals surface area contributed by atoms with E-state index in [4.69, 9.17) is 10.00 Å². The molecular weight excluding hydrogens is 278 g/mol. The first-order chi connectivity index (χ1) is 9.47. The molecule has 7 heteroatoms. The van der Waals surface area contributed by atoms with E-state index < -0.39 is 10.0 Å². The Morgan fingerprint density at radius 1 is 1.45 bits per heavy atom. The fraction of sp³-hybridized carbons (Fsp3) is 0.538. The van der Waals surface area contributed by atoms with Gasteiger partial charge >= 0.3 is 0 Å². The van der Waals surface area contributed by atoms with E-state index in [1.165, 1.54) is 18.3 Å². The number of ether oxygens (including phenoxy) is 1. The maximum Gasteiger partial charge on any atom is 0.243 e. The molecule has 20 heavy (non-hydrogen) atoms. The quantitative estimate of drug-likeness (QED) is 0.733. The molecule has 0 bridgehead atoms. The predicted octanol–water partition coefficient (Wildman–Crippen LogP) is 1.44. The van der Waals surface area contributed by atoms with Crippen molar-refractivity contribution in [3.63, 3.8) is 0 Å². The van der Waals surface area contributed by atoms with Gasteiger partial charge in [0.1, 0.15) is 11.0 Å². The van der Waals surface area contributed by atoms with E-state index in [0.29, 0.717) is 19.6 Å². The molecule has 0 aliphatic carbocycles. The predicted molar refractivity (Wildman–Crippen MR) is 74.5 cm³/mol. The molecule has 0 aliphatic rings. The molecule has 0 aromatic carbocycles. The second-order valence-corrected chi connectivity index (χ2v) is 6.22. The lowest BCUT2D eigenvalue weighted by atomic mass is 10.3. The number of nitrogens with zero attached hydrogens (tertiary/aromatic N) is 2. The van der Waals surface area contributed by atoms with Crippen LogP contribution < -0.4 is 4.72 Å². The van der Waals surface area contributed by atoms with Gasteiger partial charge in [-0.2, -0.15) is 5.26 Å². The van der Waals surface area contributed by atoms with Crippen molar-refractivity contribution in [1.29, 1.82) is 5.26 Å². The van der Waals surface area contributed by atoms with E-state index in [9.17, 15) is 8.42 Å². The standard InChI is InChI=1S/C13H19N3O3S/c1-11(2)19-9-4-3-8-16-20(17,18)13-6-5-7-15-12(13)10-14/h5-7,11,16H,3-4,8-9H2,1-2H3. The van der Waals surface area contributed by atoms with Crippen molar-refractivity contribution in [3.05, 3.63) is 24.0 Å². The second kappa shape index (κ2) is 7.94. The van der Waals surface area contributed by atoms with Crippen LogP contribution in [0.15, 0.2) is 23.2 Å². The van der Waals surface area contributed by atoms with E-state index in [-0.39, 0.29) is 16.7 Å². The molecule has 110 valence electrons. The Balaban J connectivity index is 2.49. The summed E-state index contributed by atoms with van der Waals surface area (Å²) in [6.45, 7) is 4.82. The van der Waals surface area contributed by atoms with Crippen LogP contribution in [0.2, 0.25) is 0 Å². The molecule has 1 heterocycles. The Morgan fingerprint density at radius 3 is 2.85 bits per heavy atom. The summed E-state index contributed by atoms with van der Waals surface area (Å²) in [6, 6.07) is 4.64. The summed E-state index contributed by atoms with van der Waals surface area (Å²) in [5.74, 6) is 0. The van der Waals surface area contributed by atoms with Crippen molar-refractivity contribution in [3.8, 4) is 6.07 Å². The number of nitrogens with one attached hydrogen (secondary N) is 1. The van der Waals surface area contributed by atoms with Gasteiger partial charge in [0.05, 0.1) is 6.10 Å². The zero-order valence-electron chi connectivity index (χ0n) is 11.7. The number of nitriles is 1. The van der Waals surface area contributed by atoms with Crippen LogP contribution in [0.5, 0.6) is 0 Å². The minimum absolute atomic E-state index is 0.0825. The number of hydrogen-bond acceptors (Lipinski definition) is 5. The summed E-state index contributed by atoms with van der Waals surface area (Å²) >= 11 is 0. The third-order valence-corrected chi connectivity index (χ3v) is 3.97. The summed E-state index contributed by atoms with van der Waals surface area (Å²) in [4.78, 5) is 3.66. The van der Waals surface area contributed by atoms with Gasteiger partial charge in [-0.05, 0) is 38.8 Å². The molecule has 0 atom stereocenters. The highest BCUT2D eigenvalue weighted by molar-refractivity contribution is 7.89. The van der Waals surface area contributed by atoms with Crippen molar-refractivity contribution in [1.82, 2.24) is 9.71 Å². The molecule has 0 spiro atoms. The maximum atomic E-state index is 12.0. The number of pyridine rings is 1. The molecule has 1 rings (SSSR count). The highest BCUT2D eigenvalue weighted by atomic mass is 32.2. The number of rotatable bonds is 8. The van der Waals surface area contributed by atoms with Crippen molar-refractivity contribution in [2.75, 3.05) is 13.2 Å². The lowest BCUT2D eigenvalue weighted by Crippen LogP contribution is -2.26. The van der Waals surface area contributed by atoms with E-state index in [1.54, 1.807) is 6.07 Å². The summed E-state index contributed by atoms with van der Waals surface area (Å²) in [5.41, 5.74) is -0.0943. The molecule has 0 fully saturated rings. The highest BCUT2D eigenvalue weighted by Gasteiger charge is 2.18. The summed E-state index contributed by atoms with van der Waals surface area (Å²) < 4.78 is 31.9. The van der Waals surface area contributed by atoms with Crippen molar-refractivity contribution in [2.45, 2.75) is 37.7 Å². The van der Waals surface area contributed by atoms with Crippen LogP contribution >= 0.6 is 0 Å². The Hall–Kier alpha value is -1.49. The first kappa shape index (κ1) is 16.6. The van der Waals surface area contributed by atoms with Crippen molar-refractivity contribution < 1.29 is 13.2 Å². The van der Waals surface area contributed by atoms with Gasteiger partial charge in [-0.3, -0.25) is 0 Å². The van der Waals surface area contributed by atoms with Crippen LogP contribution in [-0.4, -0.2) is 32.7 Å². The van der Waals surface area contributed by atoms with Gasteiger partial charge in [0, 0.05) is 19.3 Å². The molecular formula is C13H19N3O3S. The summed E-state index contributed by atoms with van der Waals surface area (Å²) in [5, 5.41) is 8.85. The van der Waals surface area contributed by atoms with Gasteiger partial charge in [-0.1, -0.05) is 0 Å². The Bertz CT molecular complexity index is 564. The second-order valence-electron chi connectivity index (χ2n) is 4.49. The first-order valence-corrected chi connectivity index (χ1v) is 7.92. The summed E-state index contributed by atoms with van der Waals surface area (Å²) in [7, 11) is -3.68. The van der Waals surface area contributed by atoms with Crippen LogP contribution in [-0.2, 0) is 14.8 Å². The van der Waals surface area contributed by atoms with Crippen molar-refractivity contribution in [2.24, 2.45) is 0 Å². The fourth-order valence-corrected chi connectivity index (χ4v) is 2.70. The largest absolute Gasteiger partial charge is 0.379 e. The van der Waals surface area contributed by atoms with Crippen LogP contribution in [0, 0.1) is 11.3 Å². The Labute approximate surface area is 119 Å². The third kappa shape index (κ3) is 5.25. The van der Waals surface area contributed by atoms with E-state index >= 15 is 0 Å². The van der Waals surface area contributed by atoms with Gasteiger partial charge in [0.25, 0.3) is 0 Å². The van der Waals surface area contributed by atoms with Crippen LogP contribution in [0.1, 0.15) is 32.4 Å². The first-order valence-electron chi connectivity index (χ1n) is 6.43. The Morgan fingerprint density at radius 2 is 2.20 bits per heavy atom. The Kier molecular flexibility index (Phi) is 6.58. The molecule has 0 saturated carbocycles. The highest BCUT2D eigenvalue weighted by Crippen LogP contribution is 2.11. The van der Waals surface area contributed by atoms with Crippen LogP contribution in [0.3, 0.4) is 0 Å². The normalized spacial score (nSPS) is 11.5. The SMILES string of the molecule is CC(C)OCCCCNS(=O)(=O)c1cccnc1C#N. The van der Waals surface area contributed by atoms with Gasteiger partial charge in [0.15, 0.2) is 5.69 Å². The number of unbranched alkanes of at least 4 members (excludes halogenated alkanes) is 1. The van der Waals surface area contributed by atoms with Crippen LogP contribution in [0.25, 0.3) is 0 Å². The monoisotopic (exact) mass is 297 g/mol. The summed E-state index contributed by atoms with van der Waals surface area (Å²) in [6.07, 6.45) is 3.02. The lowest BCUT2D eigenvalue weighted by molar-refractivity contribution is 0.0762. The fourth-order valence-electron chi connectivity index (χ4n) is 1.52. The number of aromatic nitrogens is 1. The molecule has 0 unspecified atom stereocenters.